The highest BCUT2D eigenvalue weighted by Gasteiger charge is 1.97. The van der Waals surface area contributed by atoms with E-state index in [4.69, 9.17) is 0 Å². The summed E-state index contributed by atoms with van der Waals surface area (Å²) in [6.07, 6.45) is 2.91. The zero-order chi connectivity index (χ0) is 11.9. The van der Waals surface area contributed by atoms with Crippen LogP contribution in [0, 0.1) is 0 Å². The molecule has 1 nitrogen and oxygen atoms in total. The second-order valence-corrected chi connectivity index (χ2v) is 3.95. The van der Waals surface area contributed by atoms with Crippen molar-refractivity contribution in [2.24, 2.45) is 0 Å². The summed E-state index contributed by atoms with van der Waals surface area (Å²) in [6.45, 7) is 4.76. The first-order chi connectivity index (χ1) is 8.40. The topological polar surface area (TPSA) is 12.0 Å². The van der Waals surface area contributed by atoms with Gasteiger partial charge in [0.15, 0.2) is 0 Å². The number of rotatable bonds is 5. The minimum atomic E-state index is 0.939. The highest BCUT2D eigenvalue weighted by atomic mass is 14.9. The molecule has 17 heavy (non-hydrogen) atoms. The summed E-state index contributed by atoms with van der Waals surface area (Å²) in [7, 11) is 0. The molecule has 0 aliphatic heterocycles. The number of hydrogen-bond donors (Lipinski definition) is 1. The second kappa shape index (κ2) is 5.90. The largest absolute Gasteiger partial charge is 0.384 e. The van der Waals surface area contributed by atoms with Crippen LogP contribution in [-0.2, 0) is 6.42 Å². The molecule has 0 saturated carbocycles. The lowest BCUT2D eigenvalue weighted by molar-refractivity contribution is 1.02. The van der Waals surface area contributed by atoms with Crippen LogP contribution in [0.3, 0.4) is 0 Å². The Morgan fingerprint density at radius 2 is 1.65 bits per heavy atom. The van der Waals surface area contributed by atoms with E-state index in [1.165, 1.54) is 5.56 Å². The zero-order valence-electron chi connectivity index (χ0n) is 9.89. The van der Waals surface area contributed by atoms with Crippen LogP contribution in [0.25, 0.3) is 6.08 Å². The van der Waals surface area contributed by atoms with Gasteiger partial charge in [-0.05, 0) is 23.6 Å². The lowest BCUT2D eigenvalue weighted by Gasteiger charge is -2.09. The first-order valence-corrected chi connectivity index (χ1v) is 5.89. The molecule has 0 aliphatic rings. The molecule has 1 heteroatoms. The normalized spacial score (nSPS) is 9.88. The van der Waals surface area contributed by atoms with Gasteiger partial charge in [-0.1, -0.05) is 61.2 Å². The Bertz CT molecular complexity index is 474. The molecule has 1 N–H and O–H groups in total. The van der Waals surface area contributed by atoms with Crippen molar-refractivity contribution in [3.05, 3.63) is 72.3 Å². The number of anilines is 1. The average Bonchev–Trinajstić information content (AvgIpc) is 2.40. The molecule has 0 saturated heterocycles. The Hall–Kier alpha value is -2.02. The number of hydrogen-bond acceptors (Lipinski definition) is 1. The van der Waals surface area contributed by atoms with E-state index >= 15 is 0 Å². The molecule has 0 fully saturated rings. The van der Waals surface area contributed by atoms with Crippen LogP contribution in [0.1, 0.15) is 11.1 Å². The highest BCUT2D eigenvalue weighted by Crippen LogP contribution is 2.15. The molecule has 0 atom stereocenters. The van der Waals surface area contributed by atoms with Crippen molar-refractivity contribution in [1.82, 2.24) is 0 Å². The fourth-order valence-corrected chi connectivity index (χ4v) is 1.82. The molecule has 0 aliphatic carbocycles. The number of para-hydroxylation sites is 1. The highest BCUT2D eigenvalue weighted by molar-refractivity contribution is 5.65. The van der Waals surface area contributed by atoms with E-state index in [1.54, 1.807) is 0 Å². The van der Waals surface area contributed by atoms with Crippen LogP contribution in [0.2, 0.25) is 0 Å². The van der Waals surface area contributed by atoms with E-state index in [1.807, 2.05) is 24.3 Å². The predicted octanol–water partition coefficient (Wildman–Crippen LogP) is 3.98. The lowest BCUT2D eigenvalue weighted by Crippen LogP contribution is -2.05. The van der Waals surface area contributed by atoms with Crippen molar-refractivity contribution in [3.63, 3.8) is 0 Å². The second-order valence-electron chi connectivity index (χ2n) is 3.95. The van der Waals surface area contributed by atoms with Crippen molar-refractivity contribution in [1.29, 1.82) is 0 Å². The van der Waals surface area contributed by atoms with E-state index in [0.717, 1.165) is 24.2 Å². The summed E-state index contributed by atoms with van der Waals surface area (Å²) in [5.74, 6) is 0. The van der Waals surface area contributed by atoms with Crippen LogP contribution in [0.4, 0.5) is 5.69 Å². The predicted molar refractivity (Wildman–Crippen MR) is 75.2 cm³/mol. The first-order valence-electron chi connectivity index (χ1n) is 5.89. The quantitative estimate of drug-likeness (QED) is 0.808. The van der Waals surface area contributed by atoms with Gasteiger partial charge in [0.25, 0.3) is 0 Å². The summed E-state index contributed by atoms with van der Waals surface area (Å²) >= 11 is 0. The summed E-state index contributed by atoms with van der Waals surface area (Å²) < 4.78 is 0. The first kappa shape index (κ1) is 11.5. The van der Waals surface area contributed by atoms with Crippen molar-refractivity contribution in [3.8, 4) is 0 Å². The van der Waals surface area contributed by atoms with E-state index in [2.05, 4.69) is 48.3 Å². The maximum absolute atomic E-state index is 3.82. The molecule has 86 valence electrons. The fraction of sp³-hybridized carbons (Fsp3) is 0.125. The zero-order valence-corrected chi connectivity index (χ0v) is 9.89. The van der Waals surface area contributed by atoms with Gasteiger partial charge < -0.3 is 5.32 Å². The standard InChI is InChI=1S/C16H17N/c1-2-15-10-6-7-11-16(15)17-13-12-14-8-4-3-5-9-14/h2-11,17H,1,12-13H2. The number of benzene rings is 2. The molecule has 0 radical (unpaired) electrons. The van der Waals surface area contributed by atoms with E-state index < -0.39 is 0 Å². The van der Waals surface area contributed by atoms with Gasteiger partial charge in [0.1, 0.15) is 0 Å². The Morgan fingerprint density at radius 1 is 0.941 bits per heavy atom. The van der Waals surface area contributed by atoms with E-state index in [0.29, 0.717) is 0 Å². The van der Waals surface area contributed by atoms with E-state index in [9.17, 15) is 0 Å². The SMILES string of the molecule is C=Cc1ccccc1NCCc1ccccc1. The minimum absolute atomic E-state index is 0.939. The third-order valence-corrected chi connectivity index (χ3v) is 2.75. The van der Waals surface area contributed by atoms with Gasteiger partial charge in [-0.15, -0.1) is 0 Å². The van der Waals surface area contributed by atoms with Crippen LogP contribution < -0.4 is 5.32 Å². The van der Waals surface area contributed by atoms with Crippen LogP contribution in [0.5, 0.6) is 0 Å². The molecule has 0 amide bonds. The van der Waals surface area contributed by atoms with Gasteiger partial charge in [-0.25, -0.2) is 0 Å². The third-order valence-electron chi connectivity index (χ3n) is 2.75. The summed E-state index contributed by atoms with van der Waals surface area (Å²) in [5, 5.41) is 3.44. The van der Waals surface area contributed by atoms with Crippen molar-refractivity contribution >= 4 is 11.8 Å². The molecule has 2 aromatic rings. The summed E-state index contributed by atoms with van der Waals surface area (Å²) in [5.41, 5.74) is 3.66. The van der Waals surface area contributed by atoms with Gasteiger partial charge in [0.2, 0.25) is 0 Å². The Labute approximate surface area is 103 Å². The van der Waals surface area contributed by atoms with Crippen LogP contribution in [-0.4, -0.2) is 6.54 Å². The molecule has 0 aromatic heterocycles. The van der Waals surface area contributed by atoms with E-state index in [-0.39, 0.29) is 0 Å². The molecule has 0 unspecified atom stereocenters. The van der Waals surface area contributed by atoms with Crippen molar-refractivity contribution < 1.29 is 0 Å². The third kappa shape index (κ3) is 3.22. The average molecular weight is 223 g/mol. The van der Waals surface area contributed by atoms with Gasteiger partial charge in [-0.3, -0.25) is 0 Å². The van der Waals surface area contributed by atoms with Crippen LogP contribution >= 0.6 is 0 Å². The van der Waals surface area contributed by atoms with Crippen LogP contribution in [0.15, 0.2) is 61.2 Å². The van der Waals surface area contributed by atoms with Gasteiger partial charge in [0.05, 0.1) is 0 Å². The minimum Gasteiger partial charge on any atom is -0.384 e. The summed E-state index contributed by atoms with van der Waals surface area (Å²) in [6, 6.07) is 18.7. The smallest absolute Gasteiger partial charge is 0.0413 e. The number of nitrogens with one attached hydrogen (secondary N) is 1. The Morgan fingerprint density at radius 3 is 2.41 bits per heavy atom. The monoisotopic (exact) mass is 223 g/mol. The molecule has 0 bridgehead atoms. The molecular formula is C16H17N. The molecule has 2 aromatic carbocycles. The van der Waals surface area contributed by atoms with Gasteiger partial charge >= 0.3 is 0 Å². The van der Waals surface area contributed by atoms with Crippen molar-refractivity contribution in [2.75, 3.05) is 11.9 Å². The fourth-order valence-electron chi connectivity index (χ4n) is 1.82. The maximum atomic E-state index is 3.82. The molecule has 2 rings (SSSR count). The molecular weight excluding hydrogens is 206 g/mol. The van der Waals surface area contributed by atoms with Gasteiger partial charge in [0, 0.05) is 12.2 Å². The van der Waals surface area contributed by atoms with Crippen molar-refractivity contribution in [2.45, 2.75) is 6.42 Å². The maximum Gasteiger partial charge on any atom is 0.0413 e. The van der Waals surface area contributed by atoms with Gasteiger partial charge in [-0.2, -0.15) is 0 Å². The Balaban J connectivity index is 1.92. The Kier molecular flexibility index (Phi) is 3.98. The summed E-state index contributed by atoms with van der Waals surface area (Å²) in [4.78, 5) is 0. The molecule has 0 heterocycles. The lowest BCUT2D eigenvalue weighted by atomic mass is 10.1. The molecule has 0 spiro atoms.